The summed E-state index contributed by atoms with van der Waals surface area (Å²) in [6.45, 7) is 4.24. The minimum Gasteiger partial charge on any atom is -0.497 e. The van der Waals surface area contributed by atoms with Crippen LogP contribution < -0.4 is 10.5 Å². The third-order valence-electron chi connectivity index (χ3n) is 3.58. The lowest BCUT2D eigenvalue weighted by Crippen LogP contribution is -2.00. The number of benzene rings is 1. The second-order valence-corrected chi connectivity index (χ2v) is 5.23. The van der Waals surface area contributed by atoms with Gasteiger partial charge in [0, 0.05) is 17.8 Å². The molecule has 0 fully saturated rings. The summed E-state index contributed by atoms with van der Waals surface area (Å²) in [7, 11) is 1.66. The normalized spacial score (nSPS) is 11.2. The number of methoxy groups -OCH3 is 1. The van der Waals surface area contributed by atoms with Crippen molar-refractivity contribution in [1.82, 2.24) is 14.5 Å². The average Bonchev–Trinajstić information content (AvgIpc) is 2.88. The van der Waals surface area contributed by atoms with E-state index in [0.717, 1.165) is 27.9 Å². The molecule has 0 saturated heterocycles. The van der Waals surface area contributed by atoms with Crippen molar-refractivity contribution in [3.8, 4) is 16.9 Å². The van der Waals surface area contributed by atoms with E-state index in [9.17, 15) is 0 Å². The Labute approximate surface area is 123 Å². The lowest BCUT2D eigenvalue weighted by atomic mass is 10.1. The van der Waals surface area contributed by atoms with Gasteiger partial charge in [0.2, 0.25) is 0 Å². The van der Waals surface area contributed by atoms with Crippen LogP contribution in [0.1, 0.15) is 19.9 Å². The SMILES string of the molecule is COc1cccc(-c2cn(C(C)C)c3ncnc(N)c23)c1. The molecule has 2 aromatic heterocycles. The molecule has 0 saturated carbocycles. The number of ether oxygens (including phenoxy) is 1. The van der Waals surface area contributed by atoms with Crippen molar-refractivity contribution >= 4 is 16.9 Å². The highest BCUT2D eigenvalue weighted by Gasteiger charge is 2.16. The Morgan fingerprint density at radius 3 is 2.76 bits per heavy atom. The lowest BCUT2D eigenvalue weighted by molar-refractivity contribution is 0.415. The molecule has 0 unspecified atom stereocenters. The van der Waals surface area contributed by atoms with Crippen molar-refractivity contribution in [2.45, 2.75) is 19.9 Å². The molecule has 0 amide bonds. The number of hydrogen-bond acceptors (Lipinski definition) is 4. The third kappa shape index (κ3) is 2.20. The van der Waals surface area contributed by atoms with Crippen LogP contribution in [0.5, 0.6) is 5.75 Å². The zero-order valence-electron chi connectivity index (χ0n) is 12.4. The standard InChI is InChI=1S/C16H18N4O/c1-10(2)20-8-13(11-5-4-6-12(7-11)21-3)14-15(17)18-9-19-16(14)20/h4-10H,1-3H3,(H2,17,18,19). The van der Waals surface area contributed by atoms with Gasteiger partial charge in [0.15, 0.2) is 0 Å². The second-order valence-electron chi connectivity index (χ2n) is 5.23. The quantitative estimate of drug-likeness (QED) is 0.800. The fourth-order valence-electron chi connectivity index (χ4n) is 2.51. The summed E-state index contributed by atoms with van der Waals surface area (Å²) in [6.07, 6.45) is 3.58. The Kier molecular flexibility index (Phi) is 3.25. The van der Waals surface area contributed by atoms with E-state index < -0.39 is 0 Å². The fraction of sp³-hybridized carbons (Fsp3) is 0.250. The van der Waals surface area contributed by atoms with Crippen LogP contribution in [0.3, 0.4) is 0 Å². The first-order valence-corrected chi connectivity index (χ1v) is 6.87. The maximum atomic E-state index is 6.08. The van der Waals surface area contributed by atoms with Crippen molar-refractivity contribution in [1.29, 1.82) is 0 Å². The highest BCUT2D eigenvalue weighted by atomic mass is 16.5. The monoisotopic (exact) mass is 282 g/mol. The lowest BCUT2D eigenvalue weighted by Gasteiger charge is -2.07. The smallest absolute Gasteiger partial charge is 0.146 e. The molecular weight excluding hydrogens is 264 g/mol. The topological polar surface area (TPSA) is 66.0 Å². The molecule has 21 heavy (non-hydrogen) atoms. The summed E-state index contributed by atoms with van der Waals surface area (Å²) in [5, 5.41) is 0.888. The number of nitrogens with zero attached hydrogens (tertiary/aromatic N) is 3. The van der Waals surface area contributed by atoms with Crippen LogP contribution in [-0.4, -0.2) is 21.6 Å². The van der Waals surface area contributed by atoms with E-state index in [2.05, 4.69) is 34.6 Å². The predicted octanol–water partition coefficient (Wildman–Crippen LogP) is 3.27. The molecule has 0 aliphatic rings. The minimum absolute atomic E-state index is 0.293. The van der Waals surface area contributed by atoms with Crippen molar-refractivity contribution < 1.29 is 4.74 Å². The summed E-state index contributed by atoms with van der Waals surface area (Å²) in [6, 6.07) is 8.21. The van der Waals surface area contributed by atoms with Crippen LogP contribution in [0.4, 0.5) is 5.82 Å². The Balaban J connectivity index is 2.31. The average molecular weight is 282 g/mol. The number of nitrogens with two attached hydrogens (primary N) is 1. The molecule has 0 aliphatic heterocycles. The van der Waals surface area contributed by atoms with Gasteiger partial charge in [0.05, 0.1) is 12.5 Å². The summed E-state index contributed by atoms with van der Waals surface area (Å²) < 4.78 is 7.42. The molecule has 2 heterocycles. The third-order valence-corrected chi connectivity index (χ3v) is 3.58. The second kappa shape index (κ2) is 5.09. The molecule has 0 spiro atoms. The Morgan fingerprint density at radius 2 is 2.05 bits per heavy atom. The van der Waals surface area contributed by atoms with E-state index in [-0.39, 0.29) is 0 Å². The van der Waals surface area contributed by atoms with Crippen LogP contribution in [0.15, 0.2) is 36.8 Å². The summed E-state index contributed by atoms with van der Waals surface area (Å²) in [5.74, 6) is 1.31. The van der Waals surface area contributed by atoms with Gasteiger partial charge < -0.3 is 15.0 Å². The first kappa shape index (κ1) is 13.4. The van der Waals surface area contributed by atoms with E-state index >= 15 is 0 Å². The van der Waals surface area contributed by atoms with Crippen molar-refractivity contribution in [3.63, 3.8) is 0 Å². The number of aromatic nitrogens is 3. The maximum Gasteiger partial charge on any atom is 0.146 e. The van der Waals surface area contributed by atoms with Gasteiger partial charge in [0.1, 0.15) is 23.5 Å². The Hall–Kier alpha value is -2.56. The van der Waals surface area contributed by atoms with Crippen LogP contribution in [0, 0.1) is 0 Å². The first-order chi connectivity index (χ1) is 10.1. The number of hydrogen-bond donors (Lipinski definition) is 1. The van der Waals surface area contributed by atoms with E-state index in [0.29, 0.717) is 11.9 Å². The highest BCUT2D eigenvalue weighted by Crippen LogP contribution is 2.35. The van der Waals surface area contributed by atoms with Crippen LogP contribution in [0.2, 0.25) is 0 Å². The largest absolute Gasteiger partial charge is 0.497 e. The predicted molar refractivity (Wildman–Crippen MR) is 84.3 cm³/mol. The zero-order chi connectivity index (χ0) is 15.0. The molecule has 5 nitrogen and oxygen atoms in total. The van der Waals surface area contributed by atoms with Crippen LogP contribution >= 0.6 is 0 Å². The molecule has 0 radical (unpaired) electrons. The van der Waals surface area contributed by atoms with Gasteiger partial charge in [-0.15, -0.1) is 0 Å². The molecule has 3 rings (SSSR count). The molecule has 3 aromatic rings. The minimum atomic E-state index is 0.293. The highest BCUT2D eigenvalue weighted by molar-refractivity contribution is 6.00. The number of nitrogen functional groups attached to an aromatic ring is 1. The molecular formula is C16H18N4O. The van der Waals surface area contributed by atoms with E-state index in [4.69, 9.17) is 10.5 Å². The fourth-order valence-corrected chi connectivity index (χ4v) is 2.51. The zero-order valence-corrected chi connectivity index (χ0v) is 12.4. The summed E-state index contributed by atoms with van der Waals surface area (Å²) in [4.78, 5) is 8.52. The van der Waals surface area contributed by atoms with Gasteiger partial charge >= 0.3 is 0 Å². The number of fused-ring (bicyclic) bond motifs is 1. The van der Waals surface area contributed by atoms with Crippen molar-refractivity contribution in [2.24, 2.45) is 0 Å². The van der Waals surface area contributed by atoms with Crippen molar-refractivity contribution in [3.05, 3.63) is 36.8 Å². The summed E-state index contributed by atoms with van der Waals surface area (Å²) in [5.41, 5.74) is 9.01. The molecule has 0 bridgehead atoms. The number of anilines is 1. The van der Waals surface area contributed by atoms with E-state index in [1.807, 2.05) is 24.3 Å². The first-order valence-electron chi connectivity index (χ1n) is 6.87. The van der Waals surface area contributed by atoms with Crippen LogP contribution in [-0.2, 0) is 0 Å². The van der Waals surface area contributed by atoms with Gasteiger partial charge in [-0.2, -0.15) is 0 Å². The molecule has 0 aliphatic carbocycles. The molecule has 0 atom stereocenters. The number of rotatable bonds is 3. The molecule has 2 N–H and O–H groups in total. The Bertz CT molecular complexity index is 792. The van der Waals surface area contributed by atoms with Gasteiger partial charge in [-0.05, 0) is 31.5 Å². The maximum absolute atomic E-state index is 6.08. The summed E-state index contributed by atoms with van der Waals surface area (Å²) >= 11 is 0. The van der Waals surface area contributed by atoms with Gasteiger partial charge in [-0.1, -0.05) is 12.1 Å². The van der Waals surface area contributed by atoms with Gasteiger partial charge in [-0.3, -0.25) is 0 Å². The van der Waals surface area contributed by atoms with E-state index in [1.165, 1.54) is 6.33 Å². The molecule has 1 aromatic carbocycles. The van der Waals surface area contributed by atoms with Crippen molar-refractivity contribution in [2.75, 3.05) is 12.8 Å². The molecule has 5 heteroatoms. The van der Waals surface area contributed by atoms with Gasteiger partial charge in [0.25, 0.3) is 0 Å². The van der Waals surface area contributed by atoms with Gasteiger partial charge in [-0.25, -0.2) is 9.97 Å². The molecule has 108 valence electrons. The van der Waals surface area contributed by atoms with E-state index in [1.54, 1.807) is 7.11 Å². The Morgan fingerprint density at radius 1 is 1.24 bits per heavy atom. The van der Waals surface area contributed by atoms with Crippen LogP contribution in [0.25, 0.3) is 22.2 Å².